The zero-order valence-corrected chi connectivity index (χ0v) is 5.97. The van der Waals surface area contributed by atoms with Crippen LogP contribution in [0.15, 0.2) is 30.3 Å². The number of nitrogens with zero attached hydrogens (tertiary/aromatic N) is 1. The standard InChI is InChI=1S/C7H5NOS/c9-7(8-10)6-4-2-1-3-5-6/h1-5H. The Bertz CT molecular complexity index is 222. The fourth-order valence-electron chi connectivity index (χ4n) is 0.633. The molecule has 0 heterocycles. The predicted octanol–water partition coefficient (Wildman–Crippen LogP) is 1.54. The molecule has 0 spiro atoms. The Morgan fingerprint density at radius 3 is 2.40 bits per heavy atom. The highest BCUT2D eigenvalue weighted by Crippen LogP contribution is 1.98. The summed E-state index contributed by atoms with van der Waals surface area (Å²) in [5, 5.41) is 0. The van der Waals surface area contributed by atoms with E-state index in [1.165, 1.54) is 0 Å². The van der Waals surface area contributed by atoms with Crippen molar-refractivity contribution >= 4 is 18.7 Å². The Morgan fingerprint density at radius 1 is 1.30 bits per heavy atom. The fraction of sp³-hybridized carbons (Fsp3) is 0. The van der Waals surface area contributed by atoms with Crippen molar-refractivity contribution in [2.24, 2.45) is 0 Å². The summed E-state index contributed by atoms with van der Waals surface area (Å²) in [7, 11) is 0. The Hall–Kier alpha value is -0.960. The van der Waals surface area contributed by atoms with Crippen LogP contribution >= 0.6 is 12.8 Å². The number of amides is 1. The molecule has 0 atom stereocenters. The predicted molar refractivity (Wildman–Crippen MR) is 40.5 cm³/mol. The maximum atomic E-state index is 10.7. The van der Waals surface area contributed by atoms with Crippen LogP contribution in [-0.2, 0) is 0 Å². The summed E-state index contributed by atoms with van der Waals surface area (Å²) in [5.74, 6) is -0.351. The zero-order valence-electron chi connectivity index (χ0n) is 5.15. The molecular formula is C7H5NOS. The van der Waals surface area contributed by atoms with Crippen molar-refractivity contribution in [3.05, 3.63) is 35.9 Å². The minimum absolute atomic E-state index is 0.351. The molecule has 0 aliphatic heterocycles. The van der Waals surface area contributed by atoms with Gasteiger partial charge in [0.1, 0.15) is 0 Å². The van der Waals surface area contributed by atoms with E-state index in [4.69, 9.17) is 0 Å². The molecule has 1 rings (SSSR count). The van der Waals surface area contributed by atoms with Crippen molar-refractivity contribution in [1.82, 2.24) is 4.72 Å². The van der Waals surface area contributed by atoms with Gasteiger partial charge in [0.05, 0.1) is 12.8 Å². The fourth-order valence-corrected chi connectivity index (χ4v) is 0.739. The van der Waals surface area contributed by atoms with E-state index < -0.39 is 0 Å². The smallest absolute Gasteiger partial charge is 0.266 e. The van der Waals surface area contributed by atoms with E-state index in [9.17, 15) is 4.79 Å². The number of rotatable bonds is 1. The van der Waals surface area contributed by atoms with E-state index in [2.05, 4.69) is 17.5 Å². The molecule has 50 valence electrons. The summed E-state index contributed by atoms with van der Waals surface area (Å²) < 4.78 is 3.10. The highest BCUT2D eigenvalue weighted by atomic mass is 32.1. The number of benzene rings is 1. The average Bonchev–Trinajstić information content (AvgIpc) is 2.05. The van der Waals surface area contributed by atoms with E-state index in [0.717, 1.165) is 0 Å². The maximum Gasteiger partial charge on any atom is 0.284 e. The number of carbonyl (C=O) groups excluding carboxylic acids is 1. The highest BCUT2D eigenvalue weighted by Gasteiger charge is 2.01. The third-order valence-corrected chi connectivity index (χ3v) is 1.27. The van der Waals surface area contributed by atoms with E-state index in [1.54, 1.807) is 24.3 Å². The van der Waals surface area contributed by atoms with Crippen molar-refractivity contribution in [2.75, 3.05) is 0 Å². The minimum atomic E-state index is -0.351. The van der Waals surface area contributed by atoms with Crippen LogP contribution in [0.4, 0.5) is 0 Å². The van der Waals surface area contributed by atoms with Crippen LogP contribution < -0.4 is 4.72 Å². The molecule has 2 radical (unpaired) electrons. The first-order valence-corrected chi connectivity index (χ1v) is 3.14. The lowest BCUT2D eigenvalue weighted by Crippen LogP contribution is -2.04. The molecule has 3 heteroatoms. The van der Waals surface area contributed by atoms with Crippen LogP contribution in [0.5, 0.6) is 0 Å². The van der Waals surface area contributed by atoms with Crippen molar-refractivity contribution in [2.45, 2.75) is 0 Å². The van der Waals surface area contributed by atoms with Crippen molar-refractivity contribution in [1.29, 1.82) is 0 Å². The van der Waals surface area contributed by atoms with E-state index >= 15 is 0 Å². The van der Waals surface area contributed by atoms with Gasteiger partial charge >= 0.3 is 0 Å². The Labute approximate surface area is 64.8 Å². The average molecular weight is 151 g/mol. The summed E-state index contributed by atoms with van der Waals surface area (Å²) >= 11 is 4.23. The molecule has 0 saturated heterocycles. The van der Waals surface area contributed by atoms with Gasteiger partial charge in [-0.05, 0) is 12.1 Å². The normalized spacial score (nSPS) is 8.90. The van der Waals surface area contributed by atoms with Crippen LogP contribution in [0.1, 0.15) is 10.4 Å². The Balaban J connectivity index is 2.85. The van der Waals surface area contributed by atoms with Crippen LogP contribution in [0, 0.1) is 0 Å². The molecule has 0 aliphatic carbocycles. The molecule has 0 aromatic heterocycles. The van der Waals surface area contributed by atoms with Gasteiger partial charge in [-0.25, -0.2) is 0 Å². The highest BCUT2D eigenvalue weighted by molar-refractivity contribution is 7.78. The summed E-state index contributed by atoms with van der Waals surface area (Å²) in [4.78, 5) is 10.7. The molecule has 0 saturated carbocycles. The lowest BCUT2D eigenvalue weighted by Gasteiger charge is -1.91. The Kier molecular flexibility index (Phi) is 2.34. The van der Waals surface area contributed by atoms with Crippen LogP contribution in [0.2, 0.25) is 0 Å². The third kappa shape index (κ3) is 1.51. The zero-order chi connectivity index (χ0) is 7.40. The van der Waals surface area contributed by atoms with Gasteiger partial charge in [-0.1, -0.05) is 18.2 Å². The molecule has 0 aliphatic rings. The van der Waals surface area contributed by atoms with Crippen molar-refractivity contribution in [3.63, 3.8) is 0 Å². The molecule has 1 amide bonds. The lowest BCUT2D eigenvalue weighted by atomic mass is 10.2. The number of carbonyl (C=O) groups is 1. The maximum absolute atomic E-state index is 10.7. The monoisotopic (exact) mass is 151 g/mol. The van der Waals surface area contributed by atoms with Gasteiger partial charge in [0.15, 0.2) is 0 Å². The molecule has 0 unspecified atom stereocenters. The molecule has 1 aromatic rings. The molecule has 0 N–H and O–H groups in total. The third-order valence-electron chi connectivity index (χ3n) is 1.10. The molecule has 1 aromatic carbocycles. The van der Waals surface area contributed by atoms with Gasteiger partial charge < -0.3 is 0 Å². The van der Waals surface area contributed by atoms with E-state index in [1.807, 2.05) is 6.07 Å². The summed E-state index contributed by atoms with van der Waals surface area (Å²) in [6.45, 7) is 0. The quantitative estimate of drug-likeness (QED) is 0.599. The molecule has 10 heavy (non-hydrogen) atoms. The van der Waals surface area contributed by atoms with Crippen LogP contribution in [0.25, 0.3) is 0 Å². The van der Waals surface area contributed by atoms with Crippen LogP contribution in [-0.4, -0.2) is 5.91 Å². The lowest BCUT2D eigenvalue weighted by molar-refractivity contribution is 0.0982. The summed E-state index contributed by atoms with van der Waals surface area (Å²) in [5.41, 5.74) is 0.539. The summed E-state index contributed by atoms with van der Waals surface area (Å²) in [6, 6.07) is 8.73. The molecule has 2 nitrogen and oxygen atoms in total. The molecular weight excluding hydrogens is 146 g/mol. The SMILES string of the molecule is O=C([N][S])c1ccccc1. The first-order chi connectivity index (χ1) is 4.84. The van der Waals surface area contributed by atoms with Gasteiger partial charge in [-0.3, -0.25) is 4.79 Å². The van der Waals surface area contributed by atoms with Crippen LogP contribution in [0.3, 0.4) is 0 Å². The number of hydrogen-bond acceptors (Lipinski definition) is 1. The second kappa shape index (κ2) is 3.27. The molecule has 0 fully saturated rings. The second-order valence-electron chi connectivity index (χ2n) is 1.76. The summed E-state index contributed by atoms with van der Waals surface area (Å²) in [6.07, 6.45) is 0. The first-order valence-electron chi connectivity index (χ1n) is 2.77. The van der Waals surface area contributed by atoms with Crippen molar-refractivity contribution < 1.29 is 4.79 Å². The Morgan fingerprint density at radius 2 is 1.90 bits per heavy atom. The van der Waals surface area contributed by atoms with E-state index in [-0.39, 0.29) is 5.91 Å². The van der Waals surface area contributed by atoms with E-state index in [0.29, 0.717) is 5.56 Å². The van der Waals surface area contributed by atoms with Gasteiger partial charge in [-0.2, -0.15) is 4.72 Å². The minimum Gasteiger partial charge on any atom is -0.266 e. The van der Waals surface area contributed by atoms with Crippen molar-refractivity contribution in [3.8, 4) is 0 Å². The number of hydrogen-bond donors (Lipinski definition) is 0. The second-order valence-corrected chi connectivity index (χ2v) is 1.95. The molecule has 0 bridgehead atoms. The van der Waals surface area contributed by atoms with Gasteiger partial charge in [0, 0.05) is 5.56 Å². The largest absolute Gasteiger partial charge is 0.284 e. The van der Waals surface area contributed by atoms with Gasteiger partial charge in [0.25, 0.3) is 5.91 Å². The van der Waals surface area contributed by atoms with Gasteiger partial charge in [-0.15, -0.1) is 0 Å². The topological polar surface area (TPSA) is 31.2 Å². The first kappa shape index (κ1) is 7.15. The van der Waals surface area contributed by atoms with Gasteiger partial charge in [0.2, 0.25) is 0 Å².